The number of carbonyl (C=O) groups excluding carboxylic acids is 1. The molecule has 2 aromatic rings. The molecule has 0 aliphatic heterocycles. The first-order valence-electron chi connectivity index (χ1n) is 7.38. The van der Waals surface area contributed by atoms with Gasteiger partial charge >= 0.3 is 0 Å². The second-order valence-electron chi connectivity index (χ2n) is 5.05. The maximum atomic E-state index is 12.6. The Morgan fingerprint density at radius 1 is 1.32 bits per heavy atom. The topological polar surface area (TPSA) is 117 Å². The summed E-state index contributed by atoms with van der Waals surface area (Å²) in [6.45, 7) is 0.862. The number of benzene rings is 2. The van der Waals surface area contributed by atoms with Crippen molar-refractivity contribution in [3.63, 3.8) is 0 Å². The fourth-order valence-corrected chi connectivity index (χ4v) is 2.14. The Kier molecular flexibility index (Phi) is 6.03. The van der Waals surface area contributed by atoms with E-state index in [4.69, 9.17) is 10.00 Å². The molecule has 2 rings (SSSR count). The van der Waals surface area contributed by atoms with Crippen molar-refractivity contribution in [2.75, 3.05) is 30.9 Å². The number of nitriles is 1. The summed E-state index contributed by atoms with van der Waals surface area (Å²) in [7, 11) is 1.55. The first-order valence-corrected chi connectivity index (χ1v) is 7.38. The molecule has 2 N–H and O–H groups in total. The first kappa shape index (κ1) is 17.9. The fourth-order valence-electron chi connectivity index (χ4n) is 2.14. The van der Waals surface area contributed by atoms with Crippen LogP contribution in [0.4, 0.5) is 17.1 Å². The molecule has 0 spiro atoms. The normalized spacial score (nSPS) is 9.92. The number of carbonyl (C=O) groups is 1. The number of methoxy groups -OCH3 is 1. The lowest BCUT2D eigenvalue weighted by molar-refractivity contribution is -0.384. The van der Waals surface area contributed by atoms with E-state index in [1.54, 1.807) is 25.3 Å². The molecule has 8 heteroatoms. The van der Waals surface area contributed by atoms with Crippen LogP contribution in [0.5, 0.6) is 0 Å². The van der Waals surface area contributed by atoms with E-state index in [9.17, 15) is 14.9 Å². The second kappa shape index (κ2) is 8.42. The molecule has 0 saturated heterocycles. The lowest BCUT2D eigenvalue weighted by Gasteiger charge is -2.12. The third kappa shape index (κ3) is 4.76. The second-order valence-corrected chi connectivity index (χ2v) is 5.05. The third-order valence-electron chi connectivity index (χ3n) is 3.33. The molecule has 2 aromatic carbocycles. The molecule has 0 aliphatic rings. The maximum absolute atomic E-state index is 12.6. The number of anilines is 2. The molecule has 0 aromatic heterocycles. The molecule has 128 valence electrons. The zero-order valence-electron chi connectivity index (χ0n) is 13.5. The number of hydrogen-bond donors (Lipinski definition) is 2. The van der Waals surface area contributed by atoms with Crippen molar-refractivity contribution in [2.45, 2.75) is 0 Å². The van der Waals surface area contributed by atoms with Gasteiger partial charge in [0.15, 0.2) is 0 Å². The number of rotatable bonds is 7. The summed E-state index contributed by atoms with van der Waals surface area (Å²) in [6, 6.07) is 12.4. The first-order chi connectivity index (χ1) is 12.0. The monoisotopic (exact) mass is 340 g/mol. The Hall–Kier alpha value is -3.44. The molecule has 0 unspecified atom stereocenters. The summed E-state index contributed by atoms with van der Waals surface area (Å²) in [4.78, 5) is 23.0. The van der Waals surface area contributed by atoms with Crippen LogP contribution in [0.1, 0.15) is 15.9 Å². The van der Waals surface area contributed by atoms with Gasteiger partial charge in [0.1, 0.15) is 0 Å². The van der Waals surface area contributed by atoms with Gasteiger partial charge in [0.2, 0.25) is 0 Å². The minimum absolute atomic E-state index is 0.132. The van der Waals surface area contributed by atoms with Gasteiger partial charge in [0.05, 0.1) is 28.7 Å². The fraction of sp³-hybridized carbons (Fsp3) is 0.176. The zero-order chi connectivity index (χ0) is 18.2. The van der Waals surface area contributed by atoms with Gasteiger partial charge in [0, 0.05) is 37.2 Å². The average Bonchev–Trinajstić information content (AvgIpc) is 2.62. The quantitative estimate of drug-likeness (QED) is 0.455. The highest BCUT2D eigenvalue weighted by molar-refractivity contribution is 6.08. The van der Waals surface area contributed by atoms with Gasteiger partial charge in [-0.2, -0.15) is 5.26 Å². The van der Waals surface area contributed by atoms with Crippen LogP contribution in [0.2, 0.25) is 0 Å². The SMILES string of the molecule is COCCNc1ccc([N+](=O)[O-])cc1C(=O)Nc1cccc(C#N)c1. The van der Waals surface area contributed by atoms with Crippen molar-refractivity contribution >= 4 is 23.0 Å². The summed E-state index contributed by atoms with van der Waals surface area (Å²) < 4.78 is 4.95. The molecule has 0 saturated carbocycles. The average molecular weight is 340 g/mol. The van der Waals surface area contributed by atoms with Gasteiger partial charge in [-0.1, -0.05) is 6.07 Å². The molecule has 8 nitrogen and oxygen atoms in total. The molecular formula is C17H16N4O4. The van der Waals surface area contributed by atoms with Crippen LogP contribution in [0, 0.1) is 21.4 Å². The molecule has 0 fully saturated rings. The van der Waals surface area contributed by atoms with Gasteiger partial charge in [-0.05, 0) is 24.3 Å². The summed E-state index contributed by atoms with van der Waals surface area (Å²) >= 11 is 0. The smallest absolute Gasteiger partial charge is 0.270 e. The largest absolute Gasteiger partial charge is 0.383 e. The van der Waals surface area contributed by atoms with Gasteiger partial charge in [0.25, 0.3) is 11.6 Å². The van der Waals surface area contributed by atoms with Crippen molar-refractivity contribution in [1.29, 1.82) is 5.26 Å². The molecule has 1 amide bonds. The molecule has 0 radical (unpaired) electrons. The van der Waals surface area contributed by atoms with E-state index in [1.165, 1.54) is 24.3 Å². The van der Waals surface area contributed by atoms with Crippen LogP contribution >= 0.6 is 0 Å². The number of nitrogens with one attached hydrogen (secondary N) is 2. The van der Waals surface area contributed by atoms with E-state index >= 15 is 0 Å². The Morgan fingerprint density at radius 3 is 2.80 bits per heavy atom. The van der Waals surface area contributed by atoms with E-state index in [2.05, 4.69) is 10.6 Å². The van der Waals surface area contributed by atoms with Crippen molar-refractivity contribution < 1.29 is 14.5 Å². The molecule has 0 atom stereocenters. The van der Waals surface area contributed by atoms with E-state index in [-0.39, 0.29) is 11.3 Å². The third-order valence-corrected chi connectivity index (χ3v) is 3.33. The van der Waals surface area contributed by atoms with E-state index in [0.29, 0.717) is 30.1 Å². The predicted molar refractivity (Wildman–Crippen MR) is 92.6 cm³/mol. The van der Waals surface area contributed by atoms with E-state index < -0.39 is 10.8 Å². The van der Waals surface area contributed by atoms with Crippen LogP contribution in [-0.2, 0) is 4.74 Å². The van der Waals surface area contributed by atoms with Crippen LogP contribution in [0.15, 0.2) is 42.5 Å². The minimum Gasteiger partial charge on any atom is -0.383 e. The van der Waals surface area contributed by atoms with Crippen molar-refractivity contribution in [2.24, 2.45) is 0 Å². The van der Waals surface area contributed by atoms with Crippen molar-refractivity contribution in [1.82, 2.24) is 0 Å². The van der Waals surface area contributed by atoms with Gasteiger partial charge in [-0.25, -0.2) is 0 Å². The molecule has 0 heterocycles. The number of amides is 1. The van der Waals surface area contributed by atoms with E-state index in [1.807, 2.05) is 6.07 Å². The van der Waals surface area contributed by atoms with E-state index in [0.717, 1.165) is 0 Å². The Bertz CT molecular complexity index is 830. The lowest BCUT2D eigenvalue weighted by atomic mass is 10.1. The summed E-state index contributed by atoms with van der Waals surface area (Å²) in [5, 5.41) is 25.6. The molecular weight excluding hydrogens is 324 g/mol. The van der Waals surface area contributed by atoms with Crippen LogP contribution in [-0.4, -0.2) is 31.1 Å². The van der Waals surface area contributed by atoms with Crippen LogP contribution < -0.4 is 10.6 Å². The highest BCUT2D eigenvalue weighted by Gasteiger charge is 2.17. The van der Waals surface area contributed by atoms with Crippen molar-refractivity contribution in [3.05, 3.63) is 63.7 Å². The summed E-state index contributed by atoms with van der Waals surface area (Å²) in [5.74, 6) is -0.515. The molecule has 25 heavy (non-hydrogen) atoms. The zero-order valence-corrected chi connectivity index (χ0v) is 13.5. The number of nitro benzene ring substituents is 1. The highest BCUT2D eigenvalue weighted by atomic mass is 16.6. The van der Waals surface area contributed by atoms with Gasteiger partial charge in [-0.15, -0.1) is 0 Å². The predicted octanol–water partition coefficient (Wildman–Crippen LogP) is 2.78. The van der Waals surface area contributed by atoms with Gasteiger partial charge in [-0.3, -0.25) is 14.9 Å². The number of hydrogen-bond acceptors (Lipinski definition) is 6. The number of non-ortho nitro benzene ring substituents is 1. The van der Waals surface area contributed by atoms with Crippen LogP contribution in [0.3, 0.4) is 0 Å². The number of nitro groups is 1. The number of ether oxygens (including phenoxy) is 1. The minimum atomic E-state index is -0.563. The Labute approximate surface area is 144 Å². The van der Waals surface area contributed by atoms with Crippen LogP contribution in [0.25, 0.3) is 0 Å². The standard InChI is InChI=1S/C17H16N4O4/c1-25-8-7-19-16-6-5-14(21(23)24)10-15(16)17(22)20-13-4-2-3-12(9-13)11-18/h2-6,9-10,19H,7-8H2,1H3,(H,20,22). The maximum Gasteiger partial charge on any atom is 0.270 e. The summed E-state index contributed by atoms with van der Waals surface area (Å²) in [6.07, 6.45) is 0. The molecule has 0 bridgehead atoms. The summed E-state index contributed by atoms with van der Waals surface area (Å²) in [5.41, 5.74) is 1.23. The number of nitrogens with zero attached hydrogens (tertiary/aromatic N) is 2. The Morgan fingerprint density at radius 2 is 2.12 bits per heavy atom. The van der Waals surface area contributed by atoms with Gasteiger partial charge < -0.3 is 15.4 Å². The molecule has 0 aliphatic carbocycles. The Balaban J connectivity index is 2.29. The lowest BCUT2D eigenvalue weighted by Crippen LogP contribution is -2.17. The highest BCUT2D eigenvalue weighted by Crippen LogP contribution is 2.23. The van der Waals surface area contributed by atoms with Crippen molar-refractivity contribution in [3.8, 4) is 6.07 Å².